The molecule has 0 bridgehead atoms. The Balaban J connectivity index is 1.69. The minimum Gasteiger partial charge on any atom is -0.508 e. The van der Waals surface area contributed by atoms with E-state index in [9.17, 15) is 24.8 Å². The fraction of sp³-hybridized carbons (Fsp3) is 0.250. The number of nitrogens with one attached hydrogen (secondary N) is 1. The predicted octanol–water partition coefficient (Wildman–Crippen LogP) is 2.69. The van der Waals surface area contributed by atoms with Crippen molar-refractivity contribution in [2.24, 2.45) is 0 Å². The Morgan fingerprint density at radius 2 is 1.79 bits per heavy atom. The lowest BCUT2D eigenvalue weighted by molar-refractivity contribution is -0.115. The number of hydrogen-bond donors (Lipinski definition) is 5. The molecule has 0 aliphatic carbocycles. The summed E-state index contributed by atoms with van der Waals surface area (Å²) >= 11 is 0. The summed E-state index contributed by atoms with van der Waals surface area (Å²) in [6.07, 6.45) is -0.631. The Hall–Kier alpha value is -3.57. The van der Waals surface area contributed by atoms with Crippen LogP contribution in [0.3, 0.4) is 0 Å². The molecule has 0 radical (unpaired) electrons. The Morgan fingerprint density at radius 1 is 1.09 bits per heavy atom. The molecule has 1 aliphatic rings. The van der Waals surface area contributed by atoms with E-state index in [0.717, 1.165) is 5.56 Å². The third-order valence-corrected chi connectivity index (χ3v) is 6.11. The van der Waals surface area contributed by atoms with Crippen LogP contribution in [-0.2, 0) is 4.74 Å². The summed E-state index contributed by atoms with van der Waals surface area (Å²) in [5, 5.41) is 44.5. The summed E-state index contributed by atoms with van der Waals surface area (Å²) in [6.45, 7) is 1.03. The summed E-state index contributed by atoms with van der Waals surface area (Å²) in [7, 11) is 0. The number of nitrogens with zero attached hydrogens (tertiary/aromatic N) is 3. The van der Waals surface area contributed by atoms with Crippen LogP contribution in [0.5, 0.6) is 5.75 Å². The summed E-state index contributed by atoms with van der Waals surface area (Å²) < 4.78 is 20.9. The number of hydrogen-bond acceptors (Lipinski definition) is 8. The van der Waals surface area contributed by atoms with Gasteiger partial charge in [-0.3, -0.25) is 0 Å². The minimum absolute atomic E-state index is 0.102. The average Bonchev–Trinajstić information content (AvgIpc) is 3.33. The molecule has 5 N–H and O–H groups in total. The molecule has 4 atom stereocenters. The highest BCUT2D eigenvalue weighted by Crippen LogP contribution is 2.42. The van der Waals surface area contributed by atoms with E-state index in [0.29, 0.717) is 28.1 Å². The standard InChI is InChI=1S/C24H23FN4O5/c1-24(11-30)20(33)19(32)23(34-24)29-10-17(13-2-8-16(31)9-3-13)18-21(26-12-27-22(18)29)28-15-6-4-14(25)5-7-15/h2-10,12,19-20,23,30-33H,11H2,1H3,(H,26,27,28)/t19-,20+,23-,24+/m1/s1. The van der Waals surface area contributed by atoms with Crippen LogP contribution in [0.2, 0.25) is 0 Å². The van der Waals surface area contributed by atoms with E-state index >= 15 is 0 Å². The molecule has 0 unspecified atom stereocenters. The van der Waals surface area contributed by atoms with Crippen molar-refractivity contribution < 1.29 is 29.6 Å². The van der Waals surface area contributed by atoms with Crippen LogP contribution >= 0.6 is 0 Å². The maximum absolute atomic E-state index is 13.4. The number of aliphatic hydroxyl groups excluding tert-OH is 3. The molecule has 3 heterocycles. The first kappa shape index (κ1) is 22.2. The fourth-order valence-corrected chi connectivity index (χ4v) is 4.19. The van der Waals surface area contributed by atoms with Gasteiger partial charge in [-0.1, -0.05) is 12.1 Å². The number of rotatable bonds is 5. The summed E-state index contributed by atoms with van der Waals surface area (Å²) in [4.78, 5) is 8.78. The normalized spacial score (nSPS) is 24.6. The first-order valence-corrected chi connectivity index (χ1v) is 10.6. The number of benzene rings is 2. The monoisotopic (exact) mass is 466 g/mol. The number of aromatic nitrogens is 3. The molecule has 0 spiro atoms. The summed E-state index contributed by atoms with van der Waals surface area (Å²) in [5.74, 6) is 0.161. The lowest BCUT2D eigenvalue weighted by Gasteiger charge is -2.24. The fourth-order valence-electron chi connectivity index (χ4n) is 4.19. The third kappa shape index (κ3) is 3.66. The van der Waals surface area contributed by atoms with E-state index in [-0.39, 0.29) is 11.6 Å². The molecule has 0 amide bonds. The van der Waals surface area contributed by atoms with E-state index in [1.165, 1.54) is 25.4 Å². The van der Waals surface area contributed by atoms with Crippen LogP contribution in [0.1, 0.15) is 13.2 Å². The van der Waals surface area contributed by atoms with Crippen LogP contribution < -0.4 is 5.32 Å². The number of fused-ring (bicyclic) bond motifs is 1. The first-order valence-electron chi connectivity index (χ1n) is 10.6. The van der Waals surface area contributed by atoms with Crippen LogP contribution in [0.15, 0.2) is 61.1 Å². The molecule has 5 rings (SSSR count). The molecule has 176 valence electrons. The average molecular weight is 466 g/mol. The molecule has 2 aromatic heterocycles. The third-order valence-electron chi connectivity index (χ3n) is 6.11. The van der Waals surface area contributed by atoms with Gasteiger partial charge in [0.2, 0.25) is 0 Å². The van der Waals surface area contributed by atoms with Crippen LogP contribution in [-0.4, -0.2) is 59.4 Å². The van der Waals surface area contributed by atoms with Gasteiger partial charge in [0.05, 0.1) is 12.0 Å². The maximum atomic E-state index is 13.4. The lowest BCUT2D eigenvalue weighted by atomic mass is 9.99. The first-order chi connectivity index (χ1) is 16.3. The van der Waals surface area contributed by atoms with Crippen molar-refractivity contribution in [3.05, 3.63) is 66.9 Å². The zero-order chi connectivity index (χ0) is 24.0. The van der Waals surface area contributed by atoms with Crippen molar-refractivity contribution in [2.45, 2.75) is 31.0 Å². The highest BCUT2D eigenvalue weighted by molar-refractivity contribution is 6.02. The maximum Gasteiger partial charge on any atom is 0.164 e. The zero-order valence-corrected chi connectivity index (χ0v) is 18.1. The Kier molecular flexibility index (Phi) is 5.45. The SMILES string of the molecule is C[C@@]1(CO)O[C@@H](n2cc(-c3ccc(O)cc3)c3c(Nc4ccc(F)cc4)ncnc32)[C@H](O)[C@@H]1O. The number of aliphatic hydroxyl groups is 3. The highest BCUT2D eigenvalue weighted by Gasteiger charge is 2.52. The van der Waals surface area contributed by atoms with Crippen molar-refractivity contribution in [1.29, 1.82) is 0 Å². The van der Waals surface area contributed by atoms with Gasteiger partial charge in [0, 0.05) is 17.4 Å². The Bertz CT molecular complexity index is 1330. The van der Waals surface area contributed by atoms with E-state index < -0.39 is 30.6 Å². The van der Waals surface area contributed by atoms with Crippen molar-refractivity contribution in [3.63, 3.8) is 0 Å². The highest BCUT2D eigenvalue weighted by atomic mass is 19.1. The van der Waals surface area contributed by atoms with E-state index in [1.54, 1.807) is 47.2 Å². The van der Waals surface area contributed by atoms with Crippen molar-refractivity contribution in [3.8, 4) is 16.9 Å². The lowest BCUT2D eigenvalue weighted by Crippen LogP contribution is -2.43. The van der Waals surface area contributed by atoms with Gasteiger partial charge >= 0.3 is 0 Å². The van der Waals surface area contributed by atoms with Gasteiger partial charge in [-0.2, -0.15) is 0 Å². The van der Waals surface area contributed by atoms with Gasteiger partial charge in [-0.25, -0.2) is 14.4 Å². The molecule has 34 heavy (non-hydrogen) atoms. The van der Waals surface area contributed by atoms with Crippen molar-refractivity contribution >= 4 is 22.5 Å². The van der Waals surface area contributed by atoms with Gasteiger partial charge in [-0.05, 0) is 48.9 Å². The molecule has 1 aliphatic heterocycles. The van der Waals surface area contributed by atoms with E-state index in [1.807, 2.05) is 0 Å². The second-order valence-electron chi connectivity index (χ2n) is 8.46. The van der Waals surface area contributed by atoms with Crippen LogP contribution in [0.25, 0.3) is 22.2 Å². The molecule has 4 aromatic rings. The van der Waals surface area contributed by atoms with Crippen molar-refractivity contribution in [2.75, 3.05) is 11.9 Å². The van der Waals surface area contributed by atoms with Crippen molar-refractivity contribution in [1.82, 2.24) is 14.5 Å². The Labute approximate surface area is 193 Å². The number of ether oxygens (including phenoxy) is 1. The number of halogens is 1. The van der Waals surface area contributed by atoms with Crippen LogP contribution in [0, 0.1) is 5.82 Å². The van der Waals surface area contributed by atoms with E-state index in [4.69, 9.17) is 4.74 Å². The molecular formula is C24H23FN4O5. The van der Waals surface area contributed by atoms with Crippen LogP contribution in [0.4, 0.5) is 15.9 Å². The smallest absolute Gasteiger partial charge is 0.164 e. The van der Waals surface area contributed by atoms with E-state index in [2.05, 4.69) is 15.3 Å². The molecule has 10 heteroatoms. The van der Waals surface area contributed by atoms with Gasteiger partial charge in [0.1, 0.15) is 47.2 Å². The molecule has 1 fully saturated rings. The molecule has 9 nitrogen and oxygen atoms in total. The second kappa shape index (κ2) is 8.33. The van der Waals surface area contributed by atoms with Gasteiger partial charge in [0.15, 0.2) is 6.23 Å². The topological polar surface area (TPSA) is 133 Å². The predicted molar refractivity (Wildman–Crippen MR) is 122 cm³/mol. The van der Waals surface area contributed by atoms with Gasteiger partial charge < -0.3 is 35.0 Å². The van der Waals surface area contributed by atoms with Gasteiger partial charge in [0.25, 0.3) is 0 Å². The number of anilines is 2. The summed E-state index contributed by atoms with van der Waals surface area (Å²) in [6, 6.07) is 12.3. The Morgan fingerprint density at radius 3 is 2.44 bits per heavy atom. The number of phenols is 1. The largest absolute Gasteiger partial charge is 0.508 e. The zero-order valence-electron chi connectivity index (χ0n) is 18.1. The number of phenolic OH excluding ortho intramolecular Hbond substituents is 1. The number of aromatic hydroxyl groups is 1. The second-order valence-corrected chi connectivity index (χ2v) is 8.46. The molecule has 1 saturated heterocycles. The summed E-state index contributed by atoms with van der Waals surface area (Å²) in [5.41, 5.74) is 1.05. The molecular weight excluding hydrogens is 443 g/mol. The molecule has 0 saturated carbocycles. The minimum atomic E-state index is -1.36. The quantitative estimate of drug-likeness (QED) is 0.303. The molecule has 2 aromatic carbocycles. The van der Waals surface area contributed by atoms with Gasteiger partial charge in [-0.15, -0.1) is 0 Å².